The van der Waals surface area contributed by atoms with E-state index in [-0.39, 0.29) is 5.69 Å². The number of rotatable bonds is 5. The van der Waals surface area contributed by atoms with E-state index in [1.165, 1.54) is 0 Å². The van der Waals surface area contributed by atoms with Crippen molar-refractivity contribution in [1.29, 1.82) is 0 Å². The molecule has 138 valence electrons. The van der Waals surface area contributed by atoms with Crippen LogP contribution in [0.5, 0.6) is 5.75 Å². The molecule has 0 bridgehead atoms. The maximum atomic E-state index is 12.4. The van der Waals surface area contributed by atoms with Crippen molar-refractivity contribution in [2.45, 2.75) is 0 Å². The van der Waals surface area contributed by atoms with E-state index in [1.807, 2.05) is 0 Å². The molecule has 0 atom stereocenters. The molecular weight excluding hydrogens is 404 g/mol. The predicted octanol–water partition coefficient (Wildman–Crippen LogP) is 0.763. The van der Waals surface area contributed by atoms with Crippen LogP contribution in [0.3, 0.4) is 0 Å². The SMILES string of the molecule is O=C(NCCN1CCOCC1)c1nn(-c2ccc(Br)cc2)c(=O)cc1O. The average molecular weight is 423 g/mol. The summed E-state index contributed by atoms with van der Waals surface area (Å²) in [6.45, 7) is 4.13. The molecule has 1 aromatic heterocycles. The number of hydrogen-bond donors (Lipinski definition) is 2. The van der Waals surface area contributed by atoms with Gasteiger partial charge in [-0.3, -0.25) is 14.5 Å². The molecule has 3 rings (SSSR count). The van der Waals surface area contributed by atoms with Crippen molar-refractivity contribution >= 4 is 21.8 Å². The van der Waals surface area contributed by atoms with E-state index in [9.17, 15) is 14.7 Å². The number of carbonyl (C=O) groups is 1. The van der Waals surface area contributed by atoms with Crippen LogP contribution in [0.2, 0.25) is 0 Å². The summed E-state index contributed by atoms with van der Waals surface area (Å²) >= 11 is 3.32. The van der Waals surface area contributed by atoms with Gasteiger partial charge in [-0.05, 0) is 24.3 Å². The Hall–Kier alpha value is -2.23. The highest BCUT2D eigenvalue weighted by Gasteiger charge is 2.17. The van der Waals surface area contributed by atoms with Gasteiger partial charge in [0.2, 0.25) is 0 Å². The number of aromatic hydroxyl groups is 1. The number of ether oxygens (including phenoxy) is 1. The van der Waals surface area contributed by atoms with Crippen LogP contribution in [0.15, 0.2) is 39.6 Å². The molecule has 26 heavy (non-hydrogen) atoms. The largest absolute Gasteiger partial charge is 0.505 e. The van der Waals surface area contributed by atoms with Gasteiger partial charge in [0.15, 0.2) is 11.4 Å². The minimum Gasteiger partial charge on any atom is -0.505 e. The first kappa shape index (κ1) is 18.6. The summed E-state index contributed by atoms with van der Waals surface area (Å²) in [5.41, 5.74) is -0.204. The molecule has 1 amide bonds. The summed E-state index contributed by atoms with van der Waals surface area (Å²) in [5, 5.41) is 16.7. The van der Waals surface area contributed by atoms with E-state index in [0.29, 0.717) is 32.0 Å². The van der Waals surface area contributed by atoms with Gasteiger partial charge in [-0.2, -0.15) is 9.78 Å². The Labute approximate surface area is 158 Å². The van der Waals surface area contributed by atoms with Crippen LogP contribution >= 0.6 is 15.9 Å². The van der Waals surface area contributed by atoms with Gasteiger partial charge >= 0.3 is 0 Å². The van der Waals surface area contributed by atoms with E-state index in [4.69, 9.17) is 4.74 Å². The average Bonchev–Trinajstić information content (AvgIpc) is 2.63. The summed E-state index contributed by atoms with van der Waals surface area (Å²) in [5.74, 6) is -0.964. The molecule has 1 fully saturated rings. The maximum Gasteiger partial charge on any atom is 0.275 e. The zero-order valence-corrected chi connectivity index (χ0v) is 15.6. The van der Waals surface area contributed by atoms with Gasteiger partial charge in [0, 0.05) is 36.7 Å². The Morgan fingerprint density at radius 1 is 1.27 bits per heavy atom. The van der Waals surface area contributed by atoms with Crippen LogP contribution in [-0.2, 0) is 4.74 Å². The van der Waals surface area contributed by atoms with E-state index in [1.54, 1.807) is 24.3 Å². The zero-order chi connectivity index (χ0) is 18.5. The summed E-state index contributed by atoms with van der Waals surface area (Å²) in [6.07, 6.45) is 0. The Kier molecular flexibility index (Phi) is 6.02. The van der Waals surface area contributed by atoms with Crippen molar-refractivity contribution in [2.75, 3.05) is 39.4 Å². The molecule has 9 heteroatoms. The third kappa shape index (κ3) is 4.48. The Balaban J connectivity index is 1.72. The number of nitrogens with one attached hydrogen (secondary N) is 1. The summed E-state index contributed by atoms with van der Waals surface area (Å²) < 4.78 is 7.22. The molecule has 1 aliphatic rings. The van der Waals surface area contributed by atoms with Gasteiger partial charge in [-0.25, -0.2) is 0 Å². The van der Waals surface area contributed by atoms with Crippen LogP contribution in [0.1, 0.15) is 10.5 Å². The van der Waals surface area contributed by atoms with Crippen LogP contribution in [0.25, 0.3) is 5.69 Å². The normalized spacial score (nSPS) is 15.0. The van der Waals surface area contributed by atoms with Crippen molar-refractivity contribution in [3.63, 3.8) is 0 Å². The monoisotopic (exact) mass is 422 g/mol. The lowest BCUT2D eigenvalue weighted by Gasteiger charge is -2.26. The second-order valence-corrected chi connectivity index (χ2v) is 6.73. The fourth-order valence-electron chi connectivity index (χ4n) is 2.61. The molecule has 2 N–H and O–H groups in total. The molecule has 1 saturated heterocycles. The van der Waals surface area contributed by atoms with Gasteiger partial charge in [0.25, 0.3) is 11.5 Å². The van der Waals surface area contributed by atoms with E-state index < -0.39 is 17.2 Å². The number of amides is 1. The lowest BCUT2D eigenvalue weighted by Crippen LogP contribution is -2.41. The Morgan fingerprint density at radius 3 is 2.65 bits per heavy atom. The van der Waals surface area contributed by atoms with Crippen molar-refractivity contribution in [3.8, 4) is 11.4 Å². The first-order valence-electron chi connectivity index (χ1n) is 8.22. The predicted molar refractivity (Wildman–Crippen MR) is 98.8 cm³/mol. The number of carbonyl (C=O) groups excluding carboxylic acids is 1. The first-order valence-corrected chi connectivity index (χ1v) is 9.01. The number of halogens is 1. The summed E-state index contributed by atoms with van der Waals surface area (Å²) in [6, 6.07) is 7.90. The maximum absolute atomic E-state index is 12.4. The Bertz CT molecular complexity index is 832. The van der Waals surface area contributed by atoms with E-state index >= 15 is 0 Å². The number of aromatic nitrogens is 2. The number of benzene rings is 1. The number of hydrogen-bond acceptors (Lipinski definition) is 6. The molecule has 1 aromatic carbocycles. The van der Waals surface area contributed by atoms with Crippen LogP contribution in [-0.4, -0.2) is 65.1 Å². The quantitative estimate of drug-likeness (QED) is 0.738. The highest BCUT2D eigenvalue weighted by Crippen LogP contribution is 2.15. The number of morpholine rings is 1. The van der Waals surface area contributed by atoms with Gasteiger partial charge in [-0.1, -0.05) is 15.9 Å². The zero-order valence-electron chi connectivity index (χ0n) is 14.0. The lowest BCUT2D eigenvalue weighted by atomic mass is 10.3. The molecule has 0 unspecified atom stereocenters. The molecule has 0 aliphatic carbocycles. The smallest absolute Gasteiger partial charge is 0.275 e. The minimum absolute atomic E-state index is 0.186. The molecule has 0 radical (unpaired) electrons. The molecular formula is C17H19BrN4O4. The van der Waals surface area contributed by atoms with Crippen molar-refractivity contribution < 1.29 is 14.6 Å². The van der Waals surface area contributed by atoms with Crippen molar-refractivity contribution in [1.82, 2.24) is 20.0 Å². The van der Waals surface area contributed by atoms with Gasteiger partial charge in [0.1, 0.15) is 0 Å². The fourth-order valence-corrected chi connectivity index (χ4v) is 2.88. The molecule has 2 aromatic rings. The first-order chi connectivity index (χ1) is 12.5. The van der Waals surface area contributed by atoms with E-state index in [2.05, 4.69) is 31.2 Å². The van der Waals surface area contributed by atoms with Crippen LogP contribution in [0.4, 0.5) is 0 Å². The summed E-state index contributed by atoms with van der Waals surface area (Å²) in [7, 11) is 0. The van der Waals surface area contributed by atoms with Crippen LogP contribution in [0, 0.1) is 0 Å². The second kappa shape index (κ2) is 8.43. The minimum atomic E-state index is -0.526. The fraction of sp³-hybridized carbons (Fsp3) is 0.353. The molecule has 0 saturated carbocycles. The molecule has 1 aliphatic heterocycles. The topological polar surface area (TPSA) is 96.7 Å². The third-order valence-corrected chi connectivity index (χ3v) is 4.54. The highest BCUT2D eigenvalue weighted by molar-refractivity contribution is 9.10. The number of nitrogens with zero attached hydrogens (tertiary/aromatic N) is 3. The second-order valence-electron chi connectivity index (χ2n) is 5.81. The molecule has 2 heterocycles. The standard InChI is InChI=1S/C17H19BrN4O4/c18-12-1-3-13(4-2-12)22-15(24)11-14(23)16(20-22)17(25)19-5-6-21-7-9-26-10-8-21/h1-4,11,23H,5-10H2,(H,19,25). The highest BCUT2D eigenvalue weighted by atomic mass is 79.9. The van der Waals surface area contributed by atoms with Gasteiger partial charge in [0.05, 0.1) is 18.9 Å². The molecule has 8 nitrogen and oxygen atoms in total. The van der Waals surface area contributed by atoms with Crippen LogP contribution < -0.4 is 10.9 Å². The van der Waals surface area contributed by atoms with Gasteiger partial charge in [-0.15, -0.1) is 0 Å². The lowest BCUT2D eigenvalue weighted by molar-refractivity contribution is 0.0383. The van der Waals surface area contributed by atoms with E-state index in [0.717, 1.165) is 28.3 Å². The van der Waals surface area contributed by atoms with Gasteiger partial charge < -0.3 is 15.2 Å². The third-order valence-electron chi connectivity index (χ3n) is 4.02. The molecule has 0 spiro atoms. The summed E-state index contributed by atoms with van der Waals surface area (Å²) in [4.78, 5) is 26.6. The Morgan fingerprint density at radius 2 is 1.96 bits per heavy atom. The van der Waals surface area contributed by atoms with Crippen molar-refractivity contribution in [3.05, 3.63) is 50.9 Å². The van der Waals surface area contributed by atoms with Crippen molar-refractivity contribution in [2.24, 2.45) is 0 Å².